The average molecular weight is 431 g/mol. The fourth-order valence-corrected chi connectivity index (χ4v) is 2.97. The Balaban J connectivity index is 2.33. The van der Waals surface area contributed by atoms with Crippen molar-refractivity contribution in [3.05, 3.63) is 51.1 Å². The lowest BCUT2D eigenvalue weighted by Gasteiger charge is -2.18. The van der Waals surface area contributed by atoms with Crippen LogP contribution in [-0.4, -0.2) is 20.2 Å². The maximum Gasteiger partial charge on any atom is 0.316 e. The molecule has 3 rings (SSSR count). The molecule has 158 valence electrons. The van der Waals surface area contributed by atoms with Crippen LogP contribution in [0, 0.1) is 12.3 Å². The van der Waals surface area contributed by atoms with Gasteiger partial charge in [-0.1, -0.05) is 11.6 Å². The Morgan fingerprint density at radius 1 is 1.03 bits per heavy atom. The second kappa shape index (κ2) is 8.03. The predicted molar refractivity (Wildman–Crippen MR) is 116 cm³/mol. The largest absolute Gasteiger partial charge is 0.493 e. The van der Waals surface area contributed by atoms with E-state index >= 15 is 0 Å². The maximum atomic E-state index is 13.3. The summed E-state index contributed by atoms with van der Waals surface area (Å²) >= 11 is 6.20. The lowest BCUT2D eigenvalue weighted by atomic mass is 9.97. The SMILES string of the molecule is COc1ccc(-c2oc3cc(C)c(Cl)cc3c(=O)c2OC(=O)C(C)(C)C)cc1OC. The zero-order valence-corrected chi connectivity index (χ0v) is 18.5. The number of methoxy groups -OCH3 is 2. The number of benzene rings is 2. The van der Waals surface area contributed by atoms with Crippen molar-refractivity contribution in [3.8, 4) is 28.6 Å². The van der Waals surface area contributed by atoms with E-state index < -0.39 is 16.8 Å². The summed E-state index contributed by atoms with van der Waals surface area (Å²) in [6.45, 7) is 6.92. The van der Waals surface area contributed by atoms with Crippen LogP contribution in [0.2, 0.25) is 5.02 Å². The van der Waals surface area contributed by atoms with Crippen LogP contribution in [-0.2, 0) is 4.79 Å². The highest BCUT2D eigenvalue weighted by molar-refractivity contribution is 6.32. The van der Waals surface area contributed by atoms with Crippen LogP contribution in [0.25, 0.3) is 22.3 Å². The highest BCUT2D eigenvalue weighted by atomic mass is 35.5. The number of ether oxygens (including phenoxy) is 3. The molecule has 0 bridgehead atoms. The summed E-state index contributed by atoms with van der Waals surface area (Å²) in [5.41, 5.74) is 0.282. The summed E-state index contributed by atoms with van der Waals surface area (Å²) in [6.07, 6.45) is 0. The zero-order chi connectivity index (χ0) is 22.2. The van der Waals surface area contributed by atoms with Gasteiger partial charge in [-0.2, -0.15) is 0 Å². The monoisotopic (exact) mass is 430 g/mol. The zero-order valence-electron chi connectivity index (χ0n) is 17.7. The third kappa shape index (κ3) is 4.00. The Labute approximate surface area is 179 Å². The molecule has 0 fully saturated rings. The maximum absolute atomic E-state index is 13.3. The molecule has 0 aliphatic carbocycles. The smallest absolute Gasteiger partial charge is 0.316 e. The first-order valence-electron chi connectivity index (χ1n) is 9.28. The van der Waals surface area contributed by atoms with E-state index in [1.54, 1.807) is 45.0 Å². The molecule has 1 heterocycles. The van der Waals surface area contributed by atoms with Crippen molar-refractivity contribution in [2.24, 2.45) is 5.41 Å². The molecule has 6 nitrogen and oxygen atoms in total. The van der Waals surface area contributed by atoms with Crippen LogP contribution in [0.5, 0.6) is 17.2 Å². The quantitative estimate of drug-likeness (QED) is 0.516. The first-order valence-corrected chi connectivity index (χ1v) is 9.66. The lowest BCUT2D eigenvalue weighted by Crippen LogP contribution is -2.28. The third-order valence-electron chi connectivity index (χ3n) is 4.58. The molecule has 0 atom stereocenters. The number of halogens is 1. The van der Waals surface area contributed by atoms with Crippen molar-refractivity contribution >= 4 is 28.5 Å². The molecule has 0 amide bonds. The molecule has 7 heteroatoms. The van der Waals surface area contributed by atoms with E-state index in [9.17, 15) is 9.59 Å². The van der Waals surface area contributed by atoms with Gasteiger partial charge in [-0.3, -0.25) is 9.59 Å². The van der Waals surface area contributed by atoms with Crippen LogP contribution >= 0.6 is 11.6 Å². The van der Waals surface area contributed by atoms with Crippen molar-refractivity contribution in [1.29, 1.82) is 0 Å². The number of esters is 1. The highest BCUT2D eigenvalue weighted by Gasteiger charge is 2.28. The molecule has 0 N–H and O–H groups in total. The number of rotatable bonds is 4. The minimum Gasteiger partial charge on any atom is -0.493 e. The van der Waals surface area contributed by atoms with Gasteiger partial charge >= 0.3 is 5.97 Å². The highest BCUT2D eigenvalue weighted by Crippen LogP contribution is 2.38. The lowest BCUT2D eigenvalue weighted by molar-refractivity contribution is -0.143. The Bertz CT molecular complexity index is 1190. The average Bonchev–Trinajstić information content (AvgIpc) is 2.70. The summed E-state index contributed by atoms with van der Waals surface area (Å²) in [7, 11) is 3.03. The van der Waals surface area contributed by atoms with Gasteiger partial charge in [-0.25, -0.2) is 0 Å². The van der Waals surface area contributed by atoms with Crippen LogP contribution in [0.3, 0.4) is 0 Å². The second-order valence-electron chi connectivity index (χ2n) is 7.90. The molecule has 30 heavy (non-hydrogen) atoms. The molecule has 0 saturated carbocycles. The minimum absolute atomic E-state index is 0.118. The standard InChI is InChI=1S/C23H23ClO6/c1-12-9-17-14(11-15(12)24)19(25)21(30-22(26)23(2,3)4)20(29-17)13-7-8-16(27-5)18(10-13)28-6/h7-11H,1-6H3. The fourth-order valence-electron chi connectivity index (χ4n) is 2.80. The van der Waals surface area contributed by atoms with E-state index in [0.29, 0.717) is 27.7 Å². The van der Waals surface area contributed by atoms with Crippen LogP contribution in [0.15, 0.2) is 39.5 Å². The molecule has 0 saturated heterocycles. The molecule has 0 radical (unpaired) electrons. The number of hydrogen-bond donors (Lipinski definition) is 0. The van der Waals surface area contributed by atoms with E-state index in [4.69, 9.17) is 30.2 Å². The van der Waals surface area contributed by atoms with Crippen molar-refractivity contribution in [1.82, 2.24) is 0 Å². The summed E-state index contributed by atoms with van der Waals surface area (Å²) in [4.78, 5) is 25.9. The van der Waals surface area contributed by atoms with Crippen molar-refractivity contribution < 1.29 is 23.4 Å². The Morgan fingerprint density at radius 3 is 2.30 bits per heavy atom. The van der Waals surface area contributed by atoms with E-state index in [1.165, 1.54) is 20.3 Å². The molecule has 1 aromatic heterocycles. The molecule has 2 aromatic carbocycles. The first kappa shape index (κ1) is 21.7. The van der Waals surface area contributed by atoms with Crippen LogP contribution in [0.4, 0.5) is 0 Å². The van der Waals surface area contributed by atoms with Crippen molar-refractivity contribution in [2.75, 3.05) is 14.2 Å². The molecule has 3 aromatic rings. The molecule has 0 aliphatic rings. The van der Waals surface area contributed by atoms with E-state index in [-0.39, 0.29) is 16.9 Å². The van der Waals surface area contributed by atoms with E-state index in [0.717, 1.165) is 5.56 Å². The first-order chi connectivity index (χ1) is 14.1. The Morgan fingerprint density at radius 2 is 1.70 bits per heavy atom. The fraction of sp³-hybridized carbons (Fsp3) is 0.304. The van der Waals surface area contributed by atoms with E-state index in [2.05, 4.69) is 0 Å². The number of fused-ring (bicyclic) bond motifs is 1. The van der Waals surface area contributed by atoms with Crippen molar-refractivity contribution in [2.45, 2.75) is 27.7 Å². The summed E-state index contributed by atoms with van der Waals surface area (Å²) in [5.74, 6) is 0.315. The van der Waals surface area contributed by atoms with Crippen LogP contribution in [0.1, 0.15) is 26.3 Å². The number of carbonyl (C=O) groups is 1. The Kier molecular flexibility index (Phi) is 5.81. The van der Waals surface area contributed by atoms with Gasteiger partial charge in [-0.05, 0) is 63.6 Å². The van der Waals surface area contributed by atoms with Gasteiger partial charge in [0, 0.05) is 10.6 Å². The minimum atomic E-state index is -0.818. The van der Waals surface area contributed by atoms with Gasteiger partial charge in [0.25, 0.3) is 0 Å². The van der Waals surface area contributed by atoms with Gasteiger partial charge in [0.05, 0.1) is 25.0 Å². The predicted octanol–water partition coefficient (Wildman–Crippen LogP) is 5.39. The Hall–Kier alpha value is -2.99. The van der Waals surface area contributed by atoms with Gasteiger partial charge in [0.2, 0.25) is 11.2 Å². The van der Waals surface area contributed by atoms with Crippen LogP contribution < -0.4 is 19.6 Å². The second-order valence-corrected chi connectivity index (χ2v) is 8.30. The number of hydrogen-bond acceptors (Lipinski definition) is 6. The molecule has 0 spiro atoms. The summed E-state index contributed by atoms with van der Waals surface area (Å²) in [6, 6.07) is 8.23. The number of carbonyl (C=O) groups excluding carboxylic acids is 1. The van der Waals surface area contributed by atoms with Gasteiger partial charge in [-0.15, -0.1) is 0 Å². The number of aryl methyl sites for hydroxylation is 1. The normalized spacial score (nSPS) is 11.4. The third-order valence-corrected chi connectivity index (χ3v) is 4.99. The molecule has 0 unspecified atom stereocenters. The summed E-state index contributed by atoms with van der Waals surface area (Å²) in [5, 5.41) is 0.647. The van der Waals surface area contributed by atoms with Gasteiger partial charge in [0.1, 0.15) is 5.58 Å². The topological polar surface area (TPSA) is 75.0 Å². The van der Waals surface area contributed by atoms with E-state index in [1.807, 2.05) is 6.92 Å². The molecular weight excluding hydrogens is 408 g/mol. The summed E-state index contributed by atoms with van der Waals surface area (Å²) < 4.78 is 22.2. The molecule has 0 aliphatic heterocycles. The van der Waals surface area contributed by atoms with Crippen molar-refractivity contribution in [3.63, 3.8) is 0 Å². The van der Waals surface area contributed by atoms with Gasteiger partial charge < -0.3 is 18.6 Å². The molecular formula is C23H23ClO6. The van der Waals surface area contributed by atoms with Gasteiger partial charge in [0.15, 0.2) is 17.3 Å².